The Kier molecular flexibility index (Phi) is 5.75. The Bertz CT molecular complexity index is 1120. The zero-order valence-corrected chi connectivity index (χ0v) is 16.4. The van der Waals surface area contributed by atoms with Gasteiger partial charge in [-0.05, 0) is 36.4 Å². The number of anilines is 1. The molecule has 0 fully saturated rings. The van der Waals surface area contributed by atoms with E-state index in [1.54, 1.807) is 24.3 Å². The molecule has 1 aliphatic heterocycles. The van der Waals surface area contributed by atoms with Crippen LogP contribution in [0.2, 0.25) is 5.02 Å². The molecule has 0 saturated heterocycles. The van der Waals surface area contributed by atoms with E-state index in [0.717, 1.165) is 23.8 Å². The van der Waals surface area contributed by atoms with E-state index in [1.807, 2.05) is 0 Å². The second kappa shape index (κ2) is 8.48. The van der Waals surface area contributed by atoms with Gasteiger partial charge in [0.1, 0.15) is 12.3 Å². The van der Waals surface area contributed by atoms with Crippen molar-refractivity contribution in [2.45, 2.75) is 12.8 Å². The lowest BCUT2D eigenvalue weighted by atomic mass is 10.1. The van der Waals surface area contributed by atoms with Gasteiger partial charge in [-0.15, -0.1) is 0 Å². The van der Waals surface area contributed by atoms with Crippen LogP contribution in [0.4, 0.5) is 18.9 Å². The summed E-state index contributed by atoms with van der Waals surface area (Å²) in [6, 6.07) is 9.57. The fraction of sp³-hybridized carbons (Fsp3) is 0.200. The summed E-state index contributed by atoms with van der Waals surface area (Å²) in [4.78, 5) is 12.0. The highest BCUT2D eigenvalue weighted by molar-refractivity contribution is 6.33. The van der Waals surface area contributed by atoms with Crippen molar-refractivity contribution in [2.75, 3.05) is 18.7 Å². The van der Waals surface area contributed by atoms with Gasteiger partial charge in [0.05, 0.1) is 22.9 Å². The number of hydrogen-bond acceptors (Lipinski definition) is 6. The third kappa shape index (κ3) is 4.92. The molecule has 0 aliphatic carbocycles. The normalized spacial score (nSPS) is 12.8. The van der Waals surface area contributed by atoms with Crippen molar-refractivity contribution in [3.8, 4) is 22.8 Å². The Morgan fingerprint density at radius 2 is 1.94 bits per heavy atom. The highest BCUT2D eigenvalue weighted by Gasteiger charge is 2.31. The predicted octanol–water partition coefficient (Wildman–Crippen LogP) is 4.90. The Hall–Kier alpha value is -3.24. The average molecular weight is 455 g/mol. The van der Waals surface area contributed by atoms with Crippen LogP contribution < -0.4 is 14.8 Å². The van der Waals surface area contributed by atoms with E-state index >= 15 is 0 Å². The van der Waals surface area contributed by atoms with E-state index in [-0.39, 0.29) is 24.1 Å². The Morgan fingerprint density at radius 3 is 2.74 bits per heavy atom. The van der Waals surface area contributed by atoms with Crippen LogP contribution in [0.25, 0.3) is 11.3 Å². The van der Waals surface area contributed by atoms with Gasteiger partial charge in [0.25, 0.3) is 0 Å². The summed E-state index contributed by atoms with van der Waals surface area (Å²) >= 11 is 5.85. The molecular formula is C20H14ClF3N2O5. The molecule has 0 spiro atoms. The quantitative estimate of drug-likeness (QED) is 0.570. The highest BCUT2D eigenvalue weighted by atomic mass is 35.5. The average Bonchev–Trinajstić information content (AvgIpc) is 3.37. The SMILES string of the molecule is O=C(COCc1cc(-c2ccc3c(c2)OCO3)on1)Nc1cc(C(F)(F)F)ccc1Cl. The first-order chi connectivity index (χ1) is 14.8. The van der Waals surface area contributed by atoms with Gasteiger partial charge in [0.2, 0.25) is 12.7 Å². The maximum Gasteiger partial charge on any atom is 0.416 e. The number of hydrogen-bond donors (Lipinski definition) is 1. The van der Waals surface area contributed by atoms with Crippen molar-refractivity contribution < 1.29 is 36.7 Å². The number of nitrogens with zero attached hydrogens (tertiary/aromatic N) is 1. The molecule has 0 radical (unpaired) electrons. The second-order valence-electron chi connectivity index (χ2n) is 6.48. The molecule has 2 heterocycles. The molecule has 31 heavy (non-hydrogen) atoms. The third-order valence-electron chi connectivity index (χ3n) is 4.27. The zero-order valence-electron chi connectivity index (χ0n) is 15.7. The molecular weight excluding hydrogens is 441 g/mol. The monoisotopic (exact) mass is 454 g/mol. The minimum absolute atomic E-state index is 0.0220. The lowest BCUT2D eigenvalue weighted by Crippen LogP contribution is -2.19. The number of alkyl halides is 3. The van der Waals surface area contributed by atoms with Crippen molar-refractivity contribution in [3.63, 3.8) is 0 Å². The fourth-order valence-electron chi connectivity index (χ4n) is 2.80. The molecule has 1 N–H and O–H groups in total. The standard InChI is InChI=1S/C20H14ClF3N2O5/c21-14-3-2-12(20(22,23)24)6-15(14)25-19(27)9-28-8-13-7-17(31-26-13)11-1-4-16-18(5-11)30-10-29-16/h1-7H,8-10H2,(H,25,27). The molecule has 1 aromatic heterocycles. The number of carbonyl (C=O) groups is 1. The number of ether oxygens (including phenoxy) is 3. The van der Waals surface area contributed by atoms with Crippen LogP contribution in [0.1, 0.15) is 11.3 Å². The van der Waals surface area contributed by atoms with Crippen LogP contribution in [-0.2, 0) is 22.3 Å². The molecule has 2 aromatic carbocycles. The maximum absolute atomic E-state index is 12.8. The molecule has 11 heteroatoms. The summed E-state index contributed by atoms with van der Waals surface area (Å²) in [7, 11) is 0. The third-order valence-corrected chi connectivity index (χ3v) is 4.60. The van der Waals surface area contributed by atoms with Crippen LogP contribution in [0.3, 0.4) is 0 Å². The van der Waals surface area contributed by atoms with Crippen molar-refractivity contribution in [2.24, 2.45) is 0 Å². The first kappa shape index (κ1) is 21.0. The molecule has 0 saturated carbocycles. The number of fused-ring (bicyclic) bond motifs is 1. The predicted molar refractivity (Wildman–Crippen MR) is 103 cm³/mol. The van der Waals surface area contributed by atoms with E-state index < -0.39 is 24.3 Å². The van der Waals surface area contributed by atoms with Gasteiger partial charge >= 0.3 is 6.18 Å². The number of benzene rings is 2. The lowest BCUT2D eigenvalue weighted by molar-refractivity contribution is -0.137. The first-order valence-corrected chi connectivity index (χ1v) is 9.27. The van der Waals surface area contributed by atoms with E-state index in [4.69, 9.17) is 30.3 Å². The first-order valence-electron chi connectivity index (χ1n) is 8.89. The van der Waals surface area contributed by atoms with Crippen molar-refractivity contribution in [3.05, 3.63) is 58.7 Å². The van der Waals surface area contributed by atoms with Gasteiger partial charge in [0.15, 0.2) is 17.3 Å². The topological polar surface area (TPSA) is 82.8 Å². The van der Waals surface area contributed by atoms with Gasteiger partial charge in [-0.2, -0.15) is 13.2 Å². The van der Waals surface area contributed by atoms with Crippen LogP contribution in [0, 0.1) is 0 Å². The summed E-state index contributed by atoms with van der Waals surface area (Å²) in [6.07, 6.45) is -4.55. The molecule has 1 aliphatic rings. The highest BCUT2D eigenvalue weighted by Crippen LogP contribution is 2.36. The van der Waals surface area contributed by atoms with Gasteiger partial charge in [-0.1, -0.05) is 16.8 Å². The number of aromatic nitrogens is 1. The molecule has 7 nitrogen and oxygen atoms in total. The minimum atomic E-state index is -4.55. The lowest BCUT2D eigenvalue weighted by Gasteiger charge is -2.11. The number of amides is 1. The van der Waals surface area contributed by atoms with Crippen LogP contribution in [0.5, 0.6) is 11.5 Å². The maximum atomic E-state index is 12.8. The fourth-order valence-corrected chi connectivity index (χ4v) is 2.96. The van der Waals surface area contributed by atoms with Crippen molar-refractivity contribution in [1.29, 1.82) is 0 Å². The molecule has 3 aromatic rings. The van der Waals surface area contributed by atoms with Crippen LogP contribution in [0.15, 0.2) is 47.0 Å². The summed E-state index contributed by atoms with van der Waals surface area (Å²) in [5.74, 6) is 1.04. The molecule has 0 atom stereocenters. The number of carbonyl (C=O) groups excluding carboxylic acids is 1. The molecule has 0 bridgehead atoms. The van der Waals surface area contributed by atoms with Crippen molar-refractivity contribution >= 4 is 23.2 Å². The summed E-state index contributed by atoms with van der Waals surface area (Å²) in [6.45, 7) is -0.307. The van der Waals surface area contributed by atoms with E-state index in [9.17, 15) is 18.0 Å². The Balaban J connectivity index is 1.32. The van der Waals surface area contributed by atoms with Gasteiger partial charge in [0, 0.05) is 11.6 Å². The largest absolute Gasteiger partial charge is 0.454 e. The van der Waals surface area contributed by atoms with E-state index in [2.05, 4.69) is 10.5 Å². The van der Waals surface area contributed by atoms with Gasteiger partial charge < -0.3 is 24.1 Å². The molecule has 0 unspecified atom stereocenters. The summed E-state index contributed by atoms with van der Waals surface area (Å²) in [5.41, 5.74) is 0.0703. The van der Waals surface area contributed by atoms with E-state index in [0.29, 0.717) is 23.0 Å². The van der Waals surface area contributed by atoms with Crippen molar-refractivity contribution in [1.82, 2.24) is 5.16 Å². The summed E-state index contributed by atoms with van der Waals surface area (Å²) < 4.78 is 59.5. The number of halogens is 4. The van der Waals surface area contributed by atoms with Gasteiger partial charge in [-0.25, -0.2) is 0 Å². The van der Waals surface area contributed by atoms with Crippen LogP contribution in [-0.4, -0.2) is 24.5 Å². The number of rotatable bonds is 6. The smallest absolute Gasteiger partial charge is 0.416 e. The molecule has 162 valence electrons. The van der Waals surface area contributed by atoms with E-state index in [1.165, 1.54) is 0 Å². The van der Waals surface area contributed by atoms with Crippen LogP contribution >= 0.6 is 11.6 Å². The van der Waals surface area contributed by atoms with Gasteiger partial charge in [-0.3, -0.25) is 4.79 Å². The molecule has 4 rings (SSSR count). The Morgan fingerprint density at radius 1 is 1.13 bits per heavy atom. The summed E-state index contributed by atoms with van der Waals surface area (Å²) in [5, 5.41) is 6.15. The number of nitrogens with one attached hydrogen (secondary N) is 1. The molecule has 1 amide bonds. The Labute approximate surface area is 178 Å². The second-order valence-corrected chi connectivity index (χ2v) is 6.89. The minimum Gasteiger partial charge on any atom is -0.454 e. The zero-order chi connectivity index (χ0) is 22.0.